The largest absolute Gasteiger partial charge is 0.497 e. The van der Waals surface area contributed by atoms with E-state index in [0.717, 1.165) is 11.1 Å². The molecule has 8 nitrogen and oxygen atoms in total. The van der Waals surface area contributed by atoms with Gasteiger partial charge in [-0.15, -0.1) is 0 Å². The predicted molar refractivity (Wildman–Crippen MR) is 120 cm³/mol. The lowest BCUT2D eigenvalue weighted by atomic mass is 10.1. The van der Waals surface area contributed by atoms with Crippen LogP contribution < -0.4 is 9.47 Å². The maximum absolute atomic E-state index is 11.6. The lowest BCUT2D eigenvalue weighted by Gasteiger charge is -2.07. The first-order valence-corrected chi connectivity index (χ1v) is 9.68. The number of nitro benzene ring substituents is 1. The number of nitrogens with one attached hydrogen (secondary N) is 1. The molecule has 1 aromatic heterocycles. The summed E-state index contributed by atoms with van der Waals surface area (Å²) < 4.78 is 10.9. The highest BCUT2D eigenvalue weighted by atomic mass is 16.6. The van der Waals surface area contributed by atoms with E-state index in [1.807, 2.05) is 30.3 Å². The fourth-order valence-electron chi connectivity index (χ4n) is 3.19. The Morgan fingerprint density at radius 3 is 2.72 bits per heavy atom. The number of benzene rings is 3. The number of aromatic amines is 1. The Hall–Kier alpha value is -4.64. The molecule has 0 atom stereocenters. The third-order valence-corrected chi connectivity index (χ3v) is 4.79. The monoisotopic (exact) mass is 426 g/mol. The average Bonchev–Trinajstić information content (AvgIpc) is 3.25. The normalized spacial score (nSPS) is 11.2. The number of aromatic nitrogens is 2. The van der Waals surface area contributed by atoms with Gasteiger partial charge >= 0.3 is 5.69 Å². The number of nitriles is 1. The molecule has 0 aliphatic rings. The van der Waals surface area contributed by atoms with Crippen LogP contribution in [0.2, 0.25) is 0 Å². The smallest absolute Gasteiger partial charge is 0.311 e. The first-order valence-electron chi connectivity index (χ1n) is 9.68. The van der Waals surface area contributed by atoms with E-state index >= 15 is 0 Å². The first-order chi connectivity index (χ1) is 15.6. The van der Waals surface area contributed by atoms with Gasteiger partial charge in [0.2, 0.25) is 0 Å². The molecule has 1 heterocycles. The molecule has 0 saturated carbocycles. The molecule has 0 fully saturated rings. The van der Waals surface area contributed by atoms with Crippen LogP contribution in [0.3, 0.4) is 0 Å². The summed E-state index contributed by atoms with van der Waals surface area (Å²) in [5.41, 5.74) is 2.85. The molecule has 3 aromatic carbocycles. The molecular formula is C24H18N4O4. The quantitative estimate of drug-likeness (QED) is 0.249. The zero-order valence-electron chi connectivity index (χ0n) is 17.1. The summed E-state index contributed by atoms with van der Waals surface area (Å²) in [7, 11) is 1.57. The van der Waals surface area contributed by atoms with Gasteiger partial charge in [0.1, 0.15) is 24.3 Å². The highest BCUT2D eigenvalue weighted by Gasteiger charge is 2.17. The lowest BCUT2D eigenvalue weighted by molar-refractivity contribution is -0.386. The zero-order chi connectivity index (χ0) is 22.5. The molecule has 32 heavy (non-hydrogen) atoms. The topological polar surface area (TPSA) is 114 Å². The van der Waals surface area contributed by atoms with Crippen molar-refractivity contribution in [2.45, 2.75) is 6.61 Å². The summed E-state index contributed by atoms with van der Waals surface area (Å²) >= 11 is 0. The Balaban J connectivity index is 1.64. The van der Waals surface area contributed by atoms with Crippen LogP contribution >= 0.6 is 0 Å². The fraction of sp³-hybridized carbons (Fsp3) is 0.0833. The molecule has 1 N–H and O–H groups in total. The number of methoxy groups -OCH3 is 1. The Morgan fingerprint density at radius 1 is 1.19 bits per heavy atom. The van der Waals surface area contributed by atoms with Crippen molar-refractivity contribution < 1.29 is 14.4 Å². The lowest BCUT2D eigenvalue weighted by Crippen LogP contribution is -1.99. The van der Waals surface area contributed by atoms with Crippen molar-refractivity contribution in [2.75, 3.05) is 7.11 Å². The minimum absolute atomic E-state index is 0.158. The molecule has 0 amide bonds. The third kappa shape index (κ3) is 4.42. The van der Waals surface area contributed by atoms with E-state index in [4.69, 9.17) is 9.47 Å². The van der Waals surface area contributed by atoms with E-state index in [2.05, 4.69) is 16.0 Å². The van der Waals surface area contributed by atoms with Gasteiger partial charge in [-0.1, -0.05) is 36.4 Å². The molecule has 0 aliphatic carbocycles. The molecule has 0 bridgehead atoms. The van der Waals surface area contributed by atoms with Crippen LogP contribution in [0, 0.1) is 21.4 Å². The van der Waals surface area contributed by atoms with Crippen molar-refractivity contribution in [1.29, 1.82) is 5.26 Å². The second-order valence-corrected chi connectivity index (χ2v) is 6.90. The predicted octanol–water partition coefficient (Wildman–Crippen LogP) is 5.12. The van der Waals surface area contributed by atoms with Gasteiger partial charge in [0, 0.05) is 12.1 Å². The maximum atomic E-state index is 11.6. The summed E-state index contributed by atoms with van der Waals surface area (Å²) in [6, 6.07) is 21.4. The Bertz CT molecular complexity index is 1350. The number of hydrogen-bond donors (Lipinski definition) is 1. The van der Waals surface area contributed by atoms with E-state index in [0.29, 0.717) is 22.7 Å². The number of hydrogen-bond acceptors (Lipinski definition) is 6. The van der Waals surface area contributed by atoms with Gasteiger partial charge < -0.3 is 14.5 Å². The summed E-state index contributed by atoms with van der Waals surface area (Å²) in [5.74, 6) is 1.19. The zero-order valence-corrected chi connectivity index (χ0v) is 17.1. The van der Waals surface area contributed by atoms with Gasteiger partial charge in [-0.05, 0) is 35.4 Å². The van der Waals surface area contributed by atoms with Crippen molar-refractivity contribution >= 4 is 28.4 Å². The Labute approximate surface area is 183 Å². The number of ether oxygens (including phenoxy) is 2. The van der Waals surface area contributed by atoms with Gasteiger partial charge in [-0.25, -0.2) is 4.98 Å². The van der Waals surface area contributed by atoms with Crippen molar-refractivity contribution in [2.24, 2.45) is 0 Å². The molecular weight excluding hydrogens is 408 g/mol. The van der Waals surface area contributed by atoms with E-state index in [9.17, 15) is 15.4 Å². The van der Waals surface area contributed by atoms with E-state index < -0.39 is 4.92 Å². The van der Waals surface area contributed by atoms with Crippen LogP contribution in [0.15, 0.2) is 66.7 Å². The highest BCUT2D eigenvalue weighted by molar-refractivity contribution is 5.90. The molecule has 0 spiro atoms. The molecule has 4 rings (SSSR count). The van der Waals surface area contributed by atoms with Crippen molar-refractivity contribution in [3.8, 4) is 17.6 Å². The van der Waals surface area contributed by atoms with Crippen LogP contribution in [0.5, 0.6) is 11.5 Å². The van der Waals surface area contributed by atoms with Crippen molar-refractivity contribution in [1.82, 2.24) is 9.97 Å². The molecule has 0 saturated heterocycles. The highest BCUT2D eigenvalue weighted by Crippen LogP contribution is 2.30. The number of H-pyrrole nitrogens is 1. The van der Waals surface area contributed by atoms with Gasteiger partial charge in [-0.2, -0.15) is 5.26 Å². The van der Waals surface area contributed by atoms with Crippen LogP contribution in [0.4, 0.5) is 5.69 Å². The molecule has 4 aromatic rings. The minimum Gasteiger partial charge on any atom is -0.497 e. The fourth-order valence-corrected chi connectivity index (χ4v) is 3.19. The molecule has 8 heteroatoms. The minimum atomic E-state index is -0.503. The van der Waals surface area contributed by atoms with Crippen LogP contribution in [0.1, 0.15) is 17.0 Å². The number of allylic oxidation sites excluding steroid dienone is 1. The van der Waals surface area contributed by atoms with Crippen molar-refractivity contribution in [3.63, 3.8) is 0 Å². The number of imidazole rings is 1. The number of nitro groups is 1. The van der Waals surface area contributed by atoms with Gasteiger partial charge in [0.25, 0.3) is 0 Å². The van der Waals surface area contributed by atoms with E-state index in [1.165, 1.54) is 12.1 Å². The third-order valence-electron chi connectivity index (χ3n) is 4.79. The van der Waals surface area contributed by atoms with Crippen molar-refractivity contribution in [3.05, 3.63) is 93.8 Å². The average molecular weight is 426 g/mol. The van der Waals surface area contributed by atoms with Gasteiger partial charge in [0.15, 0.2) is 5.75 Å². The summed E-state index contributed by atoms with van der Waals surface area (Å²) in [4.78, 5) is 18.6. The number of fused-ring (bicyclic) bond motifs is 1. The number of nitrogens with zero attached hydrogens (tertiary/aromatic N) is 3. The molecule has 0 radical (unpaired) electrons. The molecule has 158 valence electrons. The second-order valence-electron chi connectivity index (χ2n) is 6.90. The first kappa shape index (κ1) is 20.6. The summed E-state index contributed by atoms with van der Waals surface area (Å²) in [5, 5.41) is 21.2. The second kappa shape index (κ2) is 9.02. The maximum Gasteiger partial charge on any atom is 0.311 e. The molecule has 0 unspecified atom stereocenters. The van der Waals surface area contributed by atoms with Gasteiger partial charge in [-0.3, -0.25) is 10.1 Å². The van der Waals surface area contributed by atoms with E-state index in [-0.39, 0.29) is 23.6 Å². The standard InChI is InChI=1S/C24H18N4O4/c1-31-19-8-9-20-21(13-19)27-24(26-20)18(14-25)11-17-7-10-23(22(12-17)28(29)30)32-15-16-5-3-2-4-6-16/h2-13H,15H2,1H3,(H,26,27)/b18-11-. The Morgan fingerprint density at radius 2 is 2.00 bits per heavy atom. The number of rotatable bonds is 7. The SMILES string of the molecule is COc1ccc2nc(/C(C#N)=C\c3ccc(OCc4ccccc4)c([N+](=O)[O-])c3)[nH]c2c1. The van der Waals surface area contributed by atoms with E-state index in [1.54, 1.807) is 37.5 Å². The Kier molecular flexibility index (Phi) is 5.81. The van der Waals surface area contributed by atoms with Gasteiger partial charge in [0.05, 0.1) is 28.6 Å². The summed E-state index contributed by atoms with van der Waals surface area (Å²) in [6.45, 7) is 0.211. The molecule has 0 aliphatic heterocycles. The van der Waals surface area contributed by atoms with Crippen LogP contribution in [-0.2, 0) is 6.61 Å². The van der Waals surface area contributed by atoms with Crippen LogP contribution in [0.25, 0.3) is 22.7 Å². The summed E-state index contributed by atoms with van der Waals surface area (Å²) in [6.07, 6.45) is 1.54. The van der Waals surface area contributed by atoms with Crippen LogP contribution in [-0.4, -0.2) is 22.0 Å².